The highest BCUT2D eigenvalue weighted by atomic mass is 16.4. The standard InChI is InChI=1S/C12H15N5O3/c1-7-9-5-8(6-15-10(9)17(2)16-7)11(18)13-3-4-14-12(19)20/h5-6,14H,3-4H2,1-2H3,(H,13,18)(H,19,20). The lowest BCUT2D eigenvalue weighted by Gasteiger charge is -2.05. The van der Waals surface area contributed by atoms with E-state index < -0.39 is 6.09 Å². The van der Waals surface area contributed by atoms with Crippen LogP contribution < -0.4 is 10.6 Å². The Hall–Kier alpha value is -2.64. The molecule has 8 heteroatoms. The molecular formula is C12H15N5O3. The first-order valence-electron chi connectivity index (χ1n) is 6.03. The molecule has 0 aliphatic heterocycles. The maximum absolute atomic E-state index is 11.9. The van der Waals surface area contributed by atoms with Gasteiger partial charge in [-0.25, -0.2) is 9.78 Å². The highest BCUT2D eigenvalue weighted by Gasteiger charge is 2.11. The predicted octanol–water partition coefficient (Wildman–Crippen LogP) is 0.274. The van der Waals surface area contributed by atoms with Crippen molar-refractivity contribution in [2.24, 2.45) is 7.05 Å². The van der Waals surface area contributed by atoms with Gasteiger partial charge in [-0.05, 0) is 13.0 Å². The molecule has 106 valence electrons. The minimum atomic E-state index is -1.12. The highest BCUT2D eigenvalue weighted by molar-refractivity contribution is 5.97. The quantitative estimate of drug-likeness (QED) is 0.695. The zero-order chi connectivity index (χ0) is 14.7. The Bertz CT molecular complexity index is 664. The summed E-state index contributed by atoms with van der Waals surface area (Å²) in [5.41, 5.74) is 1.94. The molecule has 2 rings (SSSR count). The zero-order valence-corrected chi connectivity index (χ0v) is 11.2. The van der Waals surface area contributed by atoms with Crippen LogP contribution >= 0.6 is 0 Å². The second-order valence-corrected chi connectivity index (χ2v) is 4.29. The number of aryl methyl sites for hydroxylation is 2. The summed E-state index contributed by atoms with van der Waals surface area (Å²) < 4.78 is 1.66. The predicted molar refractivity (Wildman–Crippen MR) is 71.6 cm³/mol. The molecule has 0 unspecified atom stereocenters. The van der Waals surface area contributed by atoms with Gasteiger partial charge in [0.2, 0.25) is 0 Å². The Kier molecular flexibility index (Phi) is 3.83. The monoisotopic (exact) mass is 277 g/mol. The van der Waals surface area contributed by atoms with Gasteiger partial charge in [0, 0.05) is 31.7 Å². The molecule has 0 aromatic carbocycles. The van der Waals surface area contributed by atoms with Crippen LogP contribution in [-0.4, -0.2) is 45.0 Å². The van der Waals surface area contributed by atoms with Gasteiger partial charge < -0.3 is 15.7 Å². The number of aromatic nitrogens is 3. The summed E-state index contributed by atoms with van der Waals surface area (Å²) in [4.78, 5) is 26.4. The Morgan fingerprint density at radius 2 is 2.05 bits per heavy atom. The smallest absolute Gasteiger partial charge is 0.404 e. The van der Waals surface area contributed by atoms with Gasteiger partial charge in [0.1, 0.15) is 0 Å². The number of pyridine rings is 1. The van der Waals surface area contributed by atoms with E-state index in [1.54, 1.807) is 17.8 Å². The summed E-state index contributed by atoms with van der Waals surface area (Å²) in [6.07, 6.45) is 0.358. The van der Waals surface area contributed by atoms with Gasteiger partial charge in [0.25, 0.3) is 5.91 Å². The van der Waals surface area contributed by atoms with Gasteiger partial charge in [-0.2, -0.15) is 5.10 Å². The van der Waals surface area contributed by atoms with Crippen LogP contribution in [0.3, 0.4) is 0 Å². The Balaban J connectivity index is 2.07. The first-order chi connectivity index (χ1) is 9.49. The highest BCUT2D eigenvalue weighted by Crippen LogP contribution is 2.16. The van der Waals surface area contributed by atoms with Crippen molar-refractivity contribution in [2.45, 2.75) is 6.92 Å². The number of carbonyl (C=O) groups is 2. The van der Waals surface area contributed by atoms with Crippen molar-refractivity contribution in [2.75, 3.05) is 13.1 Å². The van der Waals surface area contributed by atoms with Gasteiger partial charge in [-0.1, -0.05) is 0 Å². The van der Waals surface area contributed by atoms with Crippen molar-refractivity contribution in [3.63, 3.8) is 0 Å². The molecule has 2 aromatic rings. The molecule has 2 heterocycles. The van der Waals surface area contributed by atoms with Crippen LogP contribution in [0, 0.1) is 6.92 Å². The van der Waals surface area contributed by atoms with E-state index in [9.17, 15) is 9.59 Å². The molecule has 0 radical (unpaired) electrons. The van der Waals surface area contributed by atoms with E-state index in [1.165, 1.54) is 6.20 Å². The lowest BCUT2D eigenvalue weighted by Crippen LogP contribution is -2.33. The molecule has 20 heavy (non-hydrogen) atoms. The summed E-state index contributed by atoms with van der Waals surface area (Å²) >= 11 is 0. The molecule has 0 aliphatic carbocycles. The minimum Gasteiger partial charge on any atom is -0.465 e. The summed E-state index contributed by atoms with van der Waals surface area (Å²) in [6, 6.07) is 1.73. The summed E-state index contributed by atoms with van der Waals surface area (Å²) in [5, 5.41) is 18.2. The van der Waals surface area contributed by atoms with E-state index in [4.69, 9.17) is 5.11 Å². The fourth-order valence-electron chi connectivity index (χ4n) is 1.88. The van der Waals surface area contributed by atoms with Crippen molar-refractivity contribution < 1.29 is 14.7 Å². The number of nitrogens with zero attached hydrogens (tertiary/aromatic N) is 3. The van der Waals surface area contributed by atoms with Crippen molar-refractivity contribution in [1.29, 1.82) is 0 Å². The molecule has 0 bridgehead atoms. The Morgan fingerprint density at radius 1 is 1.35 bits per heavy atom. The second-order valence-electron chi connectivity index (χ2n) is 4.29. The van der Waals surface area contributed by atoms with Crippen molar-refractivity contribution in [1.82, 2.24) is 25.4 Å². The number of hydrogen-bond acceptors (Lipinski definition) is 4. The average Bonchev–Trinajstić information content (AvgIpc) is 2.69. The molecule has 3 N–H and O–H groups in total. The molecule has 0 spiro atoms. The van der Waals surface area contributed by atoms with Crippen LogP contribution in [0.25, 0.3) is 11.0 Å². The van der Waals surface area contributed by atoms with Crippen LogP contribution in [0.2, 0.25) is 0 Å². The van der Waals surface area contributed by atoms with E-state index in [2.05, 4.69) is 20.7 Å². The largest absolute Gasteiger partial charge is 0.465 e. The molecule has 0 fully saturated rings. The third-order valence-electron chi connectivity index (χ3n) is 2.81. The third kappa shape index (κ3) is 2.85. The van der Waals surface area contributed by atoms with Gasteiger partial charge in [-0.15, -0.1) is 0 Å². The third-order valence-corrected chi connectivity index (χ3v) is 2.81. The lowest BCUT2D eigenvalue weighted by atomic mass is 10.2. The summed E-state index contributed by atoms with van der Waals surface area (Å²) in [7, 11) is 1.79. The molecule has 0 saturated carbocycles. The van der Waals surface area contributed by atoms with Gasteiger partial charge in [-0.3, -0.25) is 9.48 Å². The summed E-state index contributed by atoms with van der Waals surface area (Å²) in [6.45, 7) is 2.22. The van der Waals surface area contributed by atoms with Gasteiger partial charge in [0.05, 0.1) is 11.3 Å². The number of carboxylic acid groups (broad SMARTS) is 1. The molecule has 2 aromatic heterocycles. The number of rotatable bonds is 4. The van der Waals surface area contributed by atoms with E-state index in [0.717, 1.165) is 11.1 Å². The number of hydrogen-bond donors (Lipinski definition) is 3. The van der Waals surface area contributed by atoms with Crippen LogP contribution in [0.4, 0.5) is 4.79 Å². The molecule has 2 amide bonds. The molecule has 0 aliphatic rings. The fourth-order valence-corrected chi connectivity index (χ4v) is 1.88. The van der Waals surface area contributed by atoms with E-state index in [-0.39, 0.29) is 19.0 Å². The van der Waals surface area contributed by atoms with Crippen LogP contribution in [-0.2, 0) is 7.05 Å². The van der Waals surface area contributed by atoms with Crippen molar-refractivity contribution in [3.05, 3.63) is 23.5 Å². The molecular weight excluding hydrogens is 262 g/mol. The van der Waals surface area contributed by atoms with Gasteiger partial charge >= 0.3 is 6.09 Å². The lowest BCUT2D eigenvalue weighted by molar-refractivity contribution is 0.0953. The van der Waals surface area contributed by atoms with E-state index in [0.29, 0.717) is 11.2 Å². The van der Waals surface area contributed by atoms with Crippen LogP contribution in [0.15, 0.2) is 12.3 Å². The van der Waals surface area contributed by atoms with Crippen molar-refractivity contribution >= 4 is 23.0 Å². The second kappa shape index (κ2) is 5.55. The van der Waals surface area contributed by atoms with E-state index in [1.807, 2.05) is 6.92 Å². The normalized spacial score (nSPS) is 10.5. The average molecular weight is 277 g/mol. The fraction of sp³-hybridized carbons (Fsp3) is 0.333. The van der Waals surface area contributed by atoms with Crippen molar-refractivity contribution in [3.8, 4) is 0 Å². The molecule has 0 saturated heterocycles. The summed E-state index contributed by atoms with van der Waals surface area (Å²) in [5.74, 6) is -0.296. The maximum Gasteiger partial charge on any atom is 0.404 e. The maximum atomic E-state index is 11.9. The molecule has 8 nitrogen and oxygen atoms in total. The zero-order valence-electron chi connectivity index (χ0n) is 11.2. The van der Waals surface area contributed by atoms with Crippen LogP contribution in [0.5, 0.6) is 0 Å². The Morgan fingerprint density at radius 3 is 2.75 bits per heavy atom. The first-order valence-corrected chi connectivity index (χ1v) is 6.03. The van der Waals surface area contributed by atoms with E-state index >= 15 is 0 Å². The Labute approximate surface area is 114 Å². The van der Waals surface area contributed by atoms with Gasteiger partial charge in [0.15, 0.2) is 5.65 Å². The molecule has 0 atom stereocenters. The number of fused-ring (bicyclic) bond motifs is 1. The SMILES string of the molecule is Cc1nn(C)c2ncc(C(=O)NCCNC(=O)O)cc12. The van der Waals surface area contributed by atoms with Crippen LogP contribution in [0.1, 0.15) is 16.1 Å². The number of nitrogens with one attached hydrogen (secondary N) is 2. The topological polar surface area (TPSA) is 109 Å². The number of carbonyl (C=O) groups excluding carboxylic acids is 1. The first kappa shape index (κ1) is 13.8. The minimum absolute atomic E-state index is 0.155. The number of amides is 2.